The third-order valence-corrected chi connectivity index (χ3v) is 7.07. The van der Waals surface area contributed by atoms with Gasteiger partial charge < -0.3 is 24.2 Å². The van der Waals surface area contributed by atoms with Crippen LogP contribution in [0.15, 0.2) is 42.5 Å². The maximum absolute atomic E-state index is 14.3. The molecule has 0 amide bonds. The predicted molar refractivity (Wildman–Crippen MR) is 107 cm³/mol. The number of anilines is 1. The largest absolute Gasteiger partial charge is 0.492 e. The molecule has 3 aliphatic heterocycles. The van der Waals surface area contributed by atoms with Gasteiger partial charge in [0.2, 0.25) is 6.79 Å². The van der Waals surface area contributed by atoms with Crippen molar-refractivity contribution in [2.75, 3.05) is 18.3 Å². The number of aliphatic hydroxyl groups is 1. The second-order valence-corrected chi connectivity index (χ2v) is 9.13. The number of aliphatic hydroxyl groups excluding tert-OH is 1. The van der Waals surface area contributed by atoms with Crippen molar-refractivity contribution in [1.29, 1.82) is 0 Å². The highest BCUT2D eigenvalue weighted by molar-refractivity contribution is 7.16. The minimum atomic E-state index is -0.943. The van der Waals surface area contributed by atoms with E-state index in [0.717, 1.165) is 16.1 Å². The molecule has 0 radical (unpaired) electrons. The Morgan fingerprint density at radius 2 is 1.90 bits per heavy atom. The summed E-state index contributed by atoms with van der Waals surface area (Å²) in [6.07, 6.45) is -0.943. The highest BCUT2D eigenvalue weighted by Crippen LogP contribution is 2.57. The van der Waals surface area contributed by atoms with Crippen molar-refractivity contribution in [2.24, 2.45) is 0 Å². The zero-order chi connectivity index (χ0) is 19.8. The van der Waals surface area contributed by atoms with E-state index in [9.17, 15) is 9.50 Å². The molecular weight excluding hydrogens is 417 g/mol. The van der Waals surface area contributed by atoms with Gasteiger partial charge in [0.15, 0.2) is 11.5 Å². The summed E-state index contributed by atoms with van der Waals surface area (Å²) in [6, 6.07) is 12.0. The van der Waals surface area contributed by atoms with Crippen LogP contribution in [0.3, 0.4) is 0 Å². The lowest BCUT2D eigenvalue weighted by Crippen LogP contribution is -2.46. The quantitative estimate of drug-likeness (QED) is 0.656. The van der Waals surface area contributed by atoms with E-state index in [4.69, 9.17) is 25.8 Å². The van der Waals surface area contributed by atoms with Crippen molar-refractivity contribution in [3.8, 4) is 17.2 Å². The van der Waals surface area contributed by atoms with Crippen LogP contribution in [0.2, 0.25) is 4.34 Å². The summed E-state index contributed by atoms with van der Waals surface area (Å²) in [4.78, 5) is 2.88. The predicted octanol–water partition coefficient (Wildman–Crippen LogP) is 4.29. The number of hydrogen-bond acceptors (Lipinski definition) is 6. The summed E-state index contributed by atoms with van der Waals surface area (Å²) in [6.45, 7) is 0.799. The molecule has 0 saturated carbocycles. The monoisotopic (exact) mass is 431 g/mol. The van der Waals surface area contributed by atoms with E-state index in [0.29, 0.717) is 33.7 Å². The fourth-order valence-electron chi connectivity index (χ4n) is 4.53. The van der Waals surface area contributed by atoms with Crippen molar-refractivity contribution in [3.63, 3.8) is 0 Å². The lowest BCUT2D eigenvalue weighted by Gasteiger charge is -2.31. The average molecular weight is 432 g/mol. The number of hydrogen-bond donors (Lipinski definition) is 1. The first-order chi connectivity index (χ1) is 14.1. The Bertz CT molecular complexity index is 1150. The lowest BCUT2D eigenvalue weighted by atomic mass is 9.76. The van der Waals surface area contributed by atoms with Crippen LogP contribution in [0.4, 0.5) is 10.1 Å². The molecule has 3 aliphatic rings. The van der Waals surface area contributed by atoms with Gasteiger partial charge in [0.1, 0.15) is 29.8 Å². The van der Waals surface area contributed by atoms with Crippen LogP contribution in [0, 0.1) is 5.82 Å². The van der Waals surface area contributed by atoms with Crippen molar-refractivity contribution >= 4 is 28.6 Å². The van der Waals surface area contributed by atoms with Gasteiger partial charge >= 0.3 is 0 Å². The molecule has 2 unspecified atom stereocenters. The molecule has 4 heterocycles. The van der Waals surface area contributed by atoms with E-state index in [2.05, 4.69) is 0 Å². The molecule has 29 heavy (non-hydrogen) atoms. The maximum atomic E-state index is 14.3. The summed E-state index contributed by atoms with van der Waals surface area (Å²) in [7, 11) is 0. The van der Waals surface area contributed by atoms with E-state index in [1.165, 1.54) is 23.5 Å². The van der Waals surface area contributed by atoms with Gasteiger partial charge in [-0.15, -0.1) is 11.3 Å². The van der Waals surface area contributed by atoms with E-state index in [1.54, 1.807) is 12.1 Å². The van der Waals surface area contributed by atoms with E-state index in [1.807, 2.05) is 23.1 Å². The molecule has 6 rings (SSSR count). The molecular formula is C21H15ClFNO4S. The molecule has 0 bridgehead atoms. The molecule has 2 atom stereocenters. The Labute approximate surface area is 174 Å². The van der Waals surface area contributed by atoms with Crippen LogP contribution < -0.4 is 19.1 Å². The van der Waals surface area contributed by atoms with E-state index >= 15 is 0 Å². The summed E-state index contributed by atoms with van der Waals surface area (Å²) in [5.41, 5.74) is 1.32. The molecule has 2 aromatic carbocycles. The standard InChI is InChI=1S/C21H15ClFNO4S/c22-19-4-2-12(29-19)8-24-15-3-1-11(23)5-13(15)21(20(24)25)9-26-16-7-18-17(6-14(16)21)27-10-28-18/h1-7,20,25H,8-10H2. The third kappa shape index (κ3) is 2.35. The second-order valence-electron chi connectivity index (χ2n) is 7.33. The van der Waals surface area contributed by atoms with Crippen LogP contribution >= 0.6 is 22.9 Å². The average Bonchev–Trinajstić information content (AvgIpc) is 3.45. The lowest BCUT2D eigenvalue weighted by molar-refractivity contribution is 0.0941. The maximum Gasteiger partial charge on any atom is 0.231 e. The Morgan fingerprint density at radius 3 is 2.69 bits per heavy atom. The first-order valence-corrected chi connectivity index (χ1v) is 10.3. The first kappa shape index (κ1) is 17.4. The molecule has 1 aromatic heterocycles. The van der Waals surface area contributed by atoms with Crippen LogP contribution in [0.5, 0.6) is 17.2 Å². The summed E-state index contributed by atoms with van der Waals surface area (Å²) >= 11 is 7.55. The van der Waals surface area contributed by atoms with Crippen molar-refractivity contribution in [3.05, 3.63) is 68.6 Å². The van der Waals surface area contributed by atoms with Gasteiger partial charge in [-0.2, -0.15) is 0 Å². The highest BCUT2D eigenvalue weighted by Gasteiger charge is 2.57. The summed E-state index contributed by atoms with van der Waals surface area (Å²) in [5.74, 6) is 1.47. The van der Waals surface area contributed by atoms with Crippen molar-refractivity contribution in [1.82, 2.24) is 0 Å². The van der Waals surface area contributed by atoms with E-state index in [-0.39, 0.29) is 19.2 Å². The molecule has 8 heteroatoms. The van der Waals surface area contributed by atoms with E-state index < -0.39 is 11.6 Å². The Balaban J connectivity index is 1.52. The molecule has 0 fully saturated rings. The smallest absolute Gasteiger partial charge is 0.231 e. The minimum absolute atomic E-state index is 0.143. The Kier molecular flexibility index (Phi) is 3.60. The molecule has 1 N–H and O–H groups in total. The normalized spacial score (nSPS) is 23.4. The van der Waals surface area contributed by atoms with Gasteiger partial charge in [0.05, 0.1) is 10.9 Å². The van der Waals surface area contributed by atoms with Gasteiger partial charge in [-0.1, -0.05) is 11.6 Å². The van der Waals surface area contributed by atoms with Gasteiger partial charge in [-0.05, 0) is 42.0 Å². The number of thiophene rings is 1. The van der Waals surface area contributed by atoms with Gasteiger partial charge in [0, 0.05) is 22.2 Å². The fraction of sp³-hybridized carbons (Fsp3) is 0.238. The van der Waals surface area contributed by atoms with Gasteiger partial charge in [-0.25, -0.2) is 4.39 Å². The fourth-order valence-corrected chi connectivity index (χ4v) is 5.61. The Hall–Kier alpha value is -2.48. The first-order valence-electron chi connectivity index (χ1n) is 9.12. The molecule has 0 saturated heterocycles. The number of fused-ring (bicyclic) bond motifs is 5. The molecule has 3 aromatic rings. The topological polar surface area (TPSA) is 51.2 Å². The number of nitrogens with zero attached hydrogens (tertiary/aromatic N) is 1. The third-order valence-electron chi connectivity index (χ3n) is 5.85. The van der Waals surface area contributed by atoms with Crippen molar-refractivity contribution in [2.45, 2.75) is 18.2 Å². The minimum Gasteiger partial charge on any atom is -0.492 e. The van der Waals surface area contributed by atoms with Crippen LogP contribution in [0.1, 0.15) is 16.0 Å². The van der Waals surface area contributed by atoms with Crippen LogP contribution in [-0.4, -0.2) is 24.7 Å². The molecule has 148 valence electrons. The number of rotatable bonds is 2. The second kappa shape index (κ2) is 6.01. The number of ether oxygens (including phenoxy) is 3. The van der Waals surface area contributed by atoms with Crippen molar-refractivity contribution < 1.29 is 23.7 Å². The van der Waals surface area contributed by atoms with Crippen LogP contribution in [-0.2, 0) is 12.0 Å². The molecule has 1 spiro atoms. The number of halogens is 2. The summed E-state index contributed by atoms with van der Waals surface area (Å²) in [5, 5.41) is 11.5. The zero-order valence-corrected chi connectivity index (χ0v) is 16.6. The molecule has 0 aliphatic carbocycles. The number of benzene rings is 2. The zero-order valence-electron chi connectivity index (χ0n) is 15.0. The van der Waals surface area contributed by atoms with Gasteiger partial charge in [0.25, 0.3) is 0 Å². The summed E-state index contributed by atoms with van der Waals surface area (Å²) < 4.78 is 31.9. The highest BCUT2D eigenvalue weighted by atomic mass is 35.5. The molecule has 5 nitrogen and oxygen atoms in total. The van der Waals surface area contributed by atoms with Crippen LogP contribution in [0.25, 0.3) is 0 Å². The Morgan fingerprint density at radius 1 is 1.07 bits per heavy atom. The van der Waals surface area contributed by atoms with Gasteiger partial charge in [-0.3, -0.25) is 0 Å². The SMILES string of the molecule is OC1N(Cc2ccc(Cl)s2)c2ccc(F)cc2C12COc1cc3c(cc12)OCO3.